The second kappa shape index (κ2) is 8.67. The number of nitrogens with zero attached hydrogens (tertiary/aromatic N) is 1. The molecule has 0 radical (unpaired) electrons. The van der Waals surface area contributed by atoms with Crippen LogP contribution in [0.3, 0.4) is 0 Å². The van der Waals surface area contributed by atoms with Gasteiger partial charge in [-0.25, -0.2) is 0 Å². The smallest absolute Gasteiger partial charge is 0.143 e. The van der Waals surface area contributed by atoms with Crippen molar-refractivity contribution in [2.24, 2.45) is 0 Å². The fourth-order valence-electron chi connectivity index (χ4n) is 3.55. The molecule has 2 aromatic rings. The number of phenols is 1. The lowest BCUT2D eigenvalue weighted by molar-refractivity contribution is 0.0541. The van der Waals surface area contributed by atoms with Crippen LogP contribution >= 0.6 is 31.9 Å². The van der Waals surface area contributed by atoms with Gasteiger partial charge in [0.15, 0.2) is 0 Å². The highest BCUT2D eigenvalue weighted by Gasteiger charge is 2.26. The van der Waals surface area contributed by atoms with Crippen LogP contribution in [0, 0.1) is 0 Å². The van der Waals surface area contributed by atoms with Crippen molar-refractivity contribution in [1.29, 1.82) is 0 Å². The Balaban J connectivity index is 1.82. The third-order valence-corrected chi connectivity index (χ3v) is 6.04. The summed E-state index contributed by atoms with van der Waals surface area (Å²) in [5.74, 6) is 0.228. The predicted octanol–water partition coefficient (Wildman–Crippen LogP) is 5.22. The van der Waals surface area contributed by atoms with Crippen molar-refractivity contribution < 1.29 is 10.2 Å². The molecule has 1 aliphatic rings. The molecule has 0 aliphatic heterocycles. The lowest BCUT2D eigenvalue weighted by atomic mass is 9.91. The van der Waals surface area contributed by atoms with E-state index in [4.69, 9.17) is 0 Å². The van der Waals surface area contributed by atoms with E-state index >= 15 is 0 Å². The number of halogens is 2. The summed E-state index contributed by atoms with van der Waals surface area (Å²) in [7, 11) is 0. The number of aliphatic hydroxyl groups excluding tert-OH is 1. The standard InChI is InChI=1S/C20H23Br2NO2/c21-18-9-15(10-19(22)20(18)25)13-23(12-14-5-2-1-3-6-14)16-7-4-8-17(24)11-16/h1-3,5-6,9-10,16-17,24-25H,4,7-8,11-13H2/t16-,17+/m0/s1. The van der Waals surface area contributed by atoms with Gasteiger partial charge in [0.05, 0.1) is 15.0 Å². The monoisotopic (exact) mass is 467 g/mol. The van der Waals surface area contributed by atoms with Gasteiger partial charge in [-0.2, -0.15) is 0 Å². The zero-order valence-corrected chi connectivity index (χ0v) is 17.2. The third-order valence-electron chi connectivity index (χ3n) is 4.83. The molecule has 1 saturated carbocycles. The van der Waals surface area contributed by atoms with E-state index in [0.717, 1.165) is 44.3 Å². The van der Waals surface area contributed by atoms with E-state index in [1.165, 1.54) is 5.56 Å². The van der Waals surface area contributed by atoms with Gasteiger partial charge in [-0.05, 0) is 80.8 Å². The SMILES string of the molecule is Oc1c(Br)cc(CN(Cc2ccccc2)[C@H]2CCC[C@@H](O)C2)cc1Br. The second-order valence-corrected chi connectivity index (χ2v) is 8.48. The Morgan fingerprint density at radius 2 is 1.60 bits per heavy atom. The largest absolute Gasteiger partial charge is 0.506 e. The number of hydrogen-bond donors (Lipinski definition) is 2. The fraction of sp³-hybridized carbons (Fsp3) is 0.400. The first-order chi connectivity index (χ1) is 12.0. The highest BCUT2D eigenvalue weighted by atomic mass is 79.9. The van der Waals surface area contributed by atoms with E-state index < -0.39 is 0 Å². The fourth-order valence-corrected chi connectivity index (χ4v) is 4.83. The Morgan fingerprint density at radius 3 is 2.24 bits per heavy atom. The molecule has 3 nitrogen and oxygen atoms in total. The van der Waals surface area contributed by atoms with Crippen LogP contribution in [0.4, 0.5) is 0 Å². The van der Waals surface area contributed by atoms with E-state index in [0.29, 0.717) is 15.0 Å². The van der Waals surface area contributed by atoms with Crippen LogP contribution in [0.5, 0.6) is 5.75 Å². The van der Waals surface area contributed by atoms with Crippen molar-refractivity contribution in [1.82, 2.24) is 4.90 Å². The maximum Gasteiger partial charge on any atom is 0.143 e. The molecule has 0 aromatic heterocycles. The number of rotatable bonds is 5. The summed E-state index contributed by atoms with van der Waals surface area (Å²) in [6.07, 6.45) is 3.72. The van der Waals surface area contributed by atoms with Crippen LogP contribution in [0.15, 0.2) is 51.4 Å². The molecular weight excluding hydrogens is 446 g/mol. The first-order valence-electron chi connectivity index (χ1n) is 8.66. The van der Waals surface area contributed by atoms with Gasteiger partial charge in [-0.1, -0.05) is 30.3 Å². The van der Waals surface area contributed by atoms with Gasteiger partial charge >= 0.3 is 0 Å². The van der Waals surface area contributed by atoms with Gasteiger partial charge in [0.25, 0.3) is 0 Å². The van der Waals surface area contributed by atoms with Gasteiger partial charge in [0.2, 0.25) is 0 Å². The van der Waals surface area contributed by atoms with Gasteiger partial charge in [-0.3, -0.25) is 4.90 Å². The Labute approximate surface area is 165 Å². The Morgan fingerprint density at radius 1 is 0.960 bits per heavy atom. The van der Waals surface area contributed by atoms with Crippen LogP contribution < -0.4 is 0 Å². The van der Waals surface area contributed by atoms with E-state index in [-0.39, 0.29) is 11.9 Å². The van der Waals surface area contributed by atoms with Crippen molar-refractivity contribution >= 4 is 31.9 Å². The topological polar surface area (TPSA) is 43.7 Å². The summed E-state index contributed by atoms with van der Waals surface area (Å²) in [4.78, 5) is 2.45. The Kier molecular flexibility index (Phi) is 6.55. The Bertz CT molecular complexity index is 685. The first kappa shape index (κ1) is 18.9. The van der Waals surface area contributed by atoms with E-state index in [9.17, 15) is 10.2 Å². The maximum atomic E-state index is 10.1. The minimum absolute atomic E-state index is 0.199. The van der Waals surface area contributed by atoms with Crippen LogP contribution in [-0.4, -0.2) is 27.3 Å². The Hall–Kier alpha value is -0.880. The minimum atomic E-state index is -0.199. The summed E-state index contributed by atoms with van der Waals surface area (Å²) >= 11 is 6.84. The van der Waals surface area contributed by atoms with E-state index in [1.54, 1.807) is 0 Å². The number of phenolic OH excluding ortho intramolecular Hbond substituents is 1. The average Bonchev–Trinajstić information content (AvgIpc) is 2.60. The molecule has 25 heavy (non-hydrogen) atoms. The van der Waals surface area contributed by atoms with Crippen molar-refractivity contribution in [2.75, 3.05) is 0 Å². The molecule has 134 valence electrons. The predicted molar refractivity (Wildman–Crippen MR) is 107 cm³/mol. The molecule has 2 atom stereocenters. The van der Waals surface area contributed by atoms with Crippen LogP contribution in [0.2, 0.25) is 0 Å². The molecule has 2 N–H and O–H groups in total. The van der Waals surface area contributed by atoms with Crippen molar-refractivity contribution in [3.05, 3.63) is 62.5 Å². The summed E-state index contributed by atoms with van der Waals surface area (Å²) in [6.45, 7) is 1.64. The molecule has 0 heterocycles. The summed E-state index contributed by atoms with van der Waals surface area (Å²) in [5.41, 5.74) is 2.41. The second-order valence-electron chi connectivity index (χ2n) is 6.77. The molecule has 0 spiro atoms. The maximum absolute atomic E-state index is 10.1. The molecule has 1 aliphatic carbocycles. The number of benzene rings is 2. The minimum Gasteiger partial charge on any atom is -0.506 e. The zero-order chi connectivity index (χ0) is 17.8. The van der Waals surface area contributed by atoms with Gasteiger partial charge in [0.1, 0.15) is 5.75 Å². The number of aliphatic hydroxyl groups is 1. The van der Waals surface area contributed by atoms with Crippen LogP contribution in [0.25, 0.3) is 0 Å². The first-order valence-corrected chi connectivity index (χ1v) is 10.2. The normalized spacial score (nSPS) is 20.8. The summed E-state index contributed by atoms with van der Waals surface area (Å²) < 4.78 is 1.39. The lowest BCUT2D eigenvalue weighted by Gasteiger charge is -2.36. The third kappa shape index (κ3) is 5.07. The van der Waals surface area contributed by atoms with Crippen molar-refractivity contribution in [3.8, 4) is 5.75 Å². The average molecular weight is 469 g/mol. The summed E-state index contributed by atoms with van der Waals surface area (Å²) in [5, 5.41) is 20.1. The van der Waals surface area contributed by atoms with Gasteiger partial charge in [0, 0.05) is 19.1 Å². The summed E-state index contributed by atoms with van der Waals surface area (Å²) in [6, 6.07) is 14.8. The van der Waals surface area contributed by atoms with E-state index in [2.05, 4.69) is 61.0 Å². The number of aromatic hydroxyl groups is 1. The molecule has 3 rings (SSSR count). The van der Waals surface area contributed by atoms with Gasteiger partial charge in [-0.15, -0.1) is 0 Å². The highest BCUT2D eigenvalue weighted by Crippen LogP contribution is 2.34. The quantitative estimate of drug-likeness (QED) is 0.631. The van der Waals surface area contributed by atoms with Gasteiger partial charge < -0.3 is 10.2 Å². The molecule has 0 amide bonds. The van der Waals surface area contributed by atoms with E-state index in [1.807, 2.05) is 18.2 Å². The highest BCUT2D eigenvalue weighted by molar-refractivity contribution is 9.11. The van der Waals surface area contributed by atoms with Crippen molar-refractivity contribution in [3.63, 3.8) is 0 Å². The number of hydrogen-bond acceptors (Lipinski definition) is 3. The molecule has 0 bridgehead atoms. The zero-order valence-electron chi connectivity index (χ0n) is 14.0. The molecule has 2 aromatic carbocycles. The molecule has 0 saturated heterocycles. The van der Waals surface area contributed by atoms with Crippen molar-refractivity contribution in [2.45, 2.75) is 50.9 Å². The van der Waals surface area contributed by atoms with Crippen LogP contribution in [-0.2, 0) is 13.1 Å². The molecule has 1 fully saturated rings. The lowest BCUT2D eigenvalue weighted by Crippen LogP contribution is -2.39. The van der Waals surface area contributed by atoms with Crippen LogP contribution in [0.1, 0.15) is 36.8 Å². The molecule has 5 heteroatoms. The molecule has 0 unspecified atom stereocenters. The molecular formula is C20H23Br2NO2.